The predicted molar refractivity (Wildman–Crippen MR) is 52.3 cm³/mol. The summed E-state index contributed by atoms with van der Waals surface area (Å²) in [6, 6.07) is 0. The van der Waals surface area contributed by atoms with Crippen molar-refractivity contribution in [3.63, 3.8) is 0 Å². The summed E-state index contributed by atoms with van der Waals surface area (Å²) in [4.78, 5) is 13.3. The summed E-state index contributed by atoms with van der Waals surface area (Å²) in [5.41, 5.74) is 0. The van der Waals surface area contributed by atoms with Crippen LogP contribution in [0.3, 0.4) is 0 Å². The van der Waals surface area contributed by atoms with E-state index in [4.69, 9.17) is 0 Å². The molecule has 12 heavy (non-hydrogen) atoms. The van der Waals surface area contributed by atoms with Gasteiger partial charge in [-0.05, 0) is 20.0 Å². The predicted octanol–water partition coefficient (Wildman–Crippen LogP) is 1.94. The van der Waals surface area contributed by atoms with Gasteiger partial charge in [0.05, 0.1) is 0 Å². The zero-order valence-corrected chi connectivity index (χ0v) is 8.76. The van der Waals surface area contributed by atoms with E-state index in [0.717, 1.165) is 19.4 Å². The quantitative estimate of drug-likeness (QED) is 0.608. The molecule has 0 spiro atoms. The second-order valence-corrected chi connectivity index (χ2v) is 3.81. The van der Waals surface area contributed by atoms with Crippen LogP contribution in [0.5, 0.6) is 0 Å². The van der Waals surface area contributed by atoms with Crippen molar-refractivity contribution in [2.24, 2.45) is 5.92 Å². The highest BCUT2D eigenvalue weighted by atomic mass is 16.1. The molecular weight excluding hydrogens is 150 g/mol. The molecule has 0 heterocycles. The van der Waals surface area contributed by atoms with E-state index in [-0.39, 0.29) is 0 Å². The van der Waals surface area contributed by atoms with E-state index in [1.807, 2.05) is 14.1 Å². The lowest BCUT2D eigenvalue weighted by Crippen LogP contribution is -2.17. The molecule has 0 N–H and O–H groups in total. The lowest BCUT2D eigenvalue weighted by Gasteiger charge is -2.10. The maximum Gasteiger partial charge on any atom is 0.134 e. The molecular formula is C10H21NO. The number of carbonyl (C=O) groups excluding carboxylic acids is 1. The van der Waals surface area contributed by atoms with Crippen molar-refractivity contribution in [1.29, 1.82) is 0 Å². The fourth-order valence-electron chi connectivity index (χ4n) is 0.983. The maximum atomic E-state index is 11.3. The van der Waals surface area contributed by atoms with E-state index >= 15 is 0 Å². The number of Topliss-reactive ketones (excluding diaryl/α,β-unsaturated/α-hetero) is 1. The molecule has 0 saturated carbocycles. The number of nitrogens with zero attached hydrogens (tertiary/aromatic N) is 1. The first-order chi connectivity index (χ1) is 5.56. The minimum Gasteiger partial charge on any atom is -0.309 e. The normalized spacial score (nSPS) is 13.4. The summed E-state index contributed by atoms with van der Waals surface area (Å²) in [6.07, 6.45) is 2.56. The van der Waals surface area contributed by atoms with Crippen LogP contribution >= 0.6 is 0 Å². The van der Waals surface area contributed by atoms with Gasteiger partial charge in [-0.2, -0.15) is 0 Å². The van der Waals surface area contributed by atoms with Gasteiger partial charge in [0.15, 0.2) is 0 Å². The third-order valence-corrected chi connectivity index (χ3v) is 2.11. The van der Waals surface area contributed by atoms with E-state index in [9.17, 15) is 4.79 Å². The fraction of sp³-hybridized carbons (Fsp3) is 0.900. The van der Waals surface area contributed by atoms with Crippen LogP contribution in [0.2, 0.25) is 0 Å². The van der Waals surface area contributed by atoms with Crippen LogP contribution < -0.4 is 0 Å². The molecule has 0 aromatic carbocycles. The molecule has 0 aliphatic carbocycles. The molecule has 0 fully saturated rings. The van der Waals surface area contributed by atoms with Crippen LogP contribution in [0.1, 0.15) is 33.1 Å². The highest BCUT2D eigenvalue weighted by molar-refractivity contribution is 5.78. The Hall–Kier alpha value is -0.370. The second kappa shape index (κ2) is 6.18. The minimum absolute atomic E-state index is 0.401. The SMILES string of the molecule is CCC(C)CC(=O)CCN(C)C. The van der Waals surface area contributed by atoms with Gasteiger partial charge in [0.25, 0.3) is 0 Å². The molecule has 0 radical (unpaired) electrons. The molecule has 72 valence electrons. The standard InChI is InChI=1S/C10H21NO/c1-5-9(2)8-10(12)6-7-11(3)4/h9H,5-8H2,1-4H3. The van der Waals surface area contributed by atoms with Crippen molar-refractivity contribution in [3.05, 3.63) is 0 Å². The number of carbonyl (C=O) groups is 1. The summed E-state index contributed by atoms with van der Waals surface area (Å²) >= 11 is 0. The molecule has 0 aromatic heterocycles. The molecule has 2 heteroatoms. The lowest BCUT2D eigenvalue weighted by atomic mass is 10.0. The molecule has 2 nitrogen and oxygen atoms in total. The molecule has 1 unspecified atom stereocenters. The summed E-state index contributed by atoms with van der Waals surface area (Å²) in [5, 5.41) is 0. The van der Waals surface area contributed by atoms with Crippen molar-refractivity contribution < 1.29 is 4.79 Å². The first kappa shape index (κ1) is 11.6. The van der Waals surface area contributed by atoms with Gasteiger partial charge >= 0.3 is 0 Å². The Morgan fingerprint density at radius 2 is 2.00 bits per heavy atom. The first-order valence-electron chi connectivity index (χ1n) is 4.72. The zero-order valence-electron chi connectivity index (χ0n) is 8.76. The Bertz CT molecular complexity index is 132. The van der Waals surface area contributed by atoms with Gasteiger partial charge in [-0.25, -0.2) is 0 Å². The van der Waals surface area contributed by atoms with Gasteiger partial charge in [-0.1, -0.05) is 20.3 Å². The van der Waals surface area contributed by atoms with E-state index in [2.05, 4.69) is 18.7 Å². The van der Waals surface area contributed by atoms with E-state index in [1.54, 1.807) is 0 Å². The third-order valence-electron chi connectivity index (χ3n) is 2.11. The Morgan fingerprint density at radius 1 is 1.42 bits per heavy atom. The average Bonchev–Trinajstić information content (AvgIpc) is 2.00. The van der Waals surface area contributed by atoms with Crippen LogP contribution in [0, 0.1) is 5.92 Å². The largest absolute Gasteiger partial charge is 0.309 e. The number of hydrogen-bond donors (Lipinski definition) is 0. The van der Waals surface area contributed by atoms with Gasteiger partial charge in [0, 0.05) is 19.4 Å². The van der Waals surface area contributed by atoms with Gasteiger partial charge in [0.1, 0.15) is 5.78 Å². The van der Waals surface area contributed by atoms with Crippen LogP contribution in [-0.2, 0) is 4.79 Å². The molecule has 0 aromatic rings. The van der Waals surface area contributed by atoms with Crippen molar-refractivity contribution in [2.75, 3.05) is 20.6 Å². The van der Waals surface area contributed by atoms with Crippen LogP contribution in [0.25, 0.3) is 0 Å². The molecule has 0 aliphatic rings. The molecule has 0 rings (SSSR count). The molecule has 0 bridgehead atoms. The van der Waals surface area contributed by atoms with Crippen molar-refractivity contribution >= 4 is 5.78 Å². The summed E-state index contributed by atoms with van der Waals surface area (Å²) in [7, 11) is 3.99. The number of rotatable bonds is 6. The van der Waals surface area contributed by atoms with E-state index in [1.165, 1.54) is 0 Å². The highest BCUT2D eigenvalue weighted by Gasteiger charge is 2.06. The minimum atomic E-state index is 0.401. The molecule has 1 atom stereocenters. The van der Waals surface area contributed by atoms with Crippen LogP contribution in [0.15, 0.2) is 0 Å². The van der Waals surface area contributed by atoms with Crippen molar-refractivity contribution in [2.45, 2.75) is 33.1 Å². The lowest BCUT2D eigenvalue weighted by molar-refractivity contribution is -0.120. The van der Waals surface area contributed by atoms with Crippen molar-refractivity contribution in [1.82, 2.24) is 4.90 Å². The number of hydrogen-bond acceptors (Lipinski definition) is 2. The number of ketones is 1. The molecule has 0 amide bonds. The Kier molecular flexibility index (Phi) is 5.99. The third kappa shape index (κ3) is 6.35. The summed E-state index contributed by atoms with van der Waals surface area (Å²) < 4.78 is 0. The highest BCUT2D eigenvalue weighted by Crippen LogP contribution is 2.08. The molecule has 0 saturated heterocycles. The summed E-state index contributed by atoms with van der Waals surface area (Å²) in [6.45, 7) is 5.15. The van der Waals surface area contributed by atoms with Crippen LogP contribution in [0.4, 0.5) is 0 Å². The van der Waals surface area contributed by atoms with Gasteiger partial charge in [0.2, 0.25) is 0 Å². The Labute approximate surface area is 75.9 Å². The Balaban J connectivity index is 3.46. The molecule has 0 aliphatic heterocycles. The van der Waals surface area contributed by atoms with E-state index in [0.29, 0.717) is 18.1 Å². The topological polar surface area (TPSA) is 20.3 Å². The smallest absolute Gasteiger partial charge is 0.134 e. The van der Waals surface area contributed by atoms with Gasteiger partial charge < -0.3 is 4.90 Å². The second-order valence-electron chi connectivity index (χ2n) is 3.81. The maximum absolute atomic E-state index is 11.3. The Morgan fingerprint density at radius 3 is 2.42 bits per heavy atom. The summed E-state index contributed by atoms with van der Waals surface area (Å²) in [5.74, 6) is 0.956. The van der Waals surface area contributed by atoms with E-state index < -0.39 is 0 Å². The monoisotopic (exact) mass is 171 g/mol. The van der Waals surface area contributed by atoms with Crippen molar-refractivity contribution in [3.8, 4) is 0 Å². The fourth-order valence-corrected chi connectivity index (χ4v) is 0.983. The van der Waals surface area contributed by atoms with Gasteiger partial charge in [-0.15, -0.1) is 0 Å². The first-order valence-corrected chi connectivity index (χ1v) is 4.72. The van der Waals surface area contributed by atoms with Gasteiger partial charge in [-0.3, -0.25) is 4.79 Å². The zero-order chi connectivity index (χ0) is 9.56. The average molecular weight is 171 g/mol. The van der Waals surface area contributed by atoms with Crippen LogP contribution in [-0.4, -0.2) is 31.3 Å².